The Morgan fingerprint density at radius 1 is 1.06 bits per heavy atom. The van der Waals surface area contributed by atoms with Crippen LogP contribution in [-0.4, -0.2) is 26.6 Å². The summed E-state index contributed by atoms with van der Waals surface area (Å²) in [5.74, 6) is 0.309. The minimum Gasteiger partial charge on any atom is -0.488 e. The third kappa shape index (κ3) is 5.03. The lowest BCUT2D eigenvalue weighted by molar-refractivity contribution is 0.0948. The molecule has 0 aliphatic rings. The Morgan fingerprint density at radius 2 is 1.90 bits per heavy atom. The fourth-order valence-electron chi connectivity index (χ4n) is 3.21. The maximum atomic E-state index is 12.7. The van der Waals surface area contributed by atoms with E-state index in [1.165, 1.54) is 9.08 Å². The van der Waals surface area contributed by atoms with Crippen LogP contribution < -0.4 is 15.7 Å². The Balaban J connectivity index is 1.33. The number of benzene rings is 2. The number of halogens is 1. The lowest BCUT2D eigenvalue weighted by atomic mass is 10.2. The molecule has 0 aliphatic carbocycles. The number of ether oxygens (including phenoxy) is 1. The van der Waals surface area contributed by atoms with Crippen LogP contribution in [0.15, 0.2) is 82.2 Å². The number of hydrogen-bond acceptors (Lipinski definition) is 4. The summed E-state index contributed by atoms with van der Waals surface area (Å²) in [4.78, 5) is 25.0. The van der Waals surface area contributed by atoms with Gasteiger partial charge >= 0.3 is 5.69 Å². The first kappa shape index (κ1) is 20.9. The van der Waals surface area contributed by atoms with Crippen LogP contribution in [0.5, 0.6) is 5.75 Å². The molecule has 0 atom stereocenters. The van der Waals surface area contributed by atoms with Crippen molar-refractivity contribution < 1.29 is 9.53 Å². The first-order valence-corrected chi connectivity index (χ1v) is 10.7. The molecule has 0 spiro atoms. The fraction of sp³-hybridized carbons (Fsp3) is 0.174. The van der Waals surface area contributed by atoms with Gasteiger partial charge in [-0.2, -0.15) is 0 Å². The Labute approximate surface area is 187 Å². The number of para-hydroxylation sites is 1. The second-order valence-corrected chi connectivity index (χ2v) is 7.87. The number of aryl methyl sites for hydroxylation is 1. The van der Waals surface area contributed by atoms with Crippen molar-refractivity contribution in [3.8, 4) is 5.75 Å². The van der Waals surface area contributed by atoms with Crippen LogP contribution in [0.3, 0.4) is 0 Å². The van der Waals surface area contributed by atoms with Gasteiger partial charge < -0.3 is 10.1 Å². The normalized spacial score (nSPS) is 10.9. The van der Waals surface area contributed by atoms with Crippen LogP contribution in [-0.2, 0) is 13.2 Å². The van der Waals surface area contributed by atoms with Crippen molar-refractivity contribution in [2.45, 2.75) is 19.6 Å². The van der Waals surface area contributed by atoms with Crippen LogP contribution in [0.4, 0.5) is 0 Å². The highest BCUT2D eigenvalue weighted by molar-refractivity contribution is 9.10. The minimum atomic E-state index is -0.216. The molecular formula is C23H21BrN4O3. The largest absolute Gasteiger partial charge is 0.488 e. The number of aromatic nitrogens is 3. The quantitative estimate of drug-likeness (QED) is 0.390. The Hall–Kier alpha value is -3.39. The van der Waals surface area contributed by atoms with Gasteiger partial charge in [-0.25, -0.2) is 9.48 Å². The van der Waals surface area contributed by atoms with Gasteiger partial charge in [-0.05, 0) is 48.4 Å². The molecule has 31 heavy (non-hydrogen) atoms. The van der Waals surface area contributed by atoms with E-state index in [1.807, 2.05) is 36.4 Å². The molecule has 0 bridgehead atoms. The number of rotatable bonds is 8. The van der Waals surface area contributed by atoms with Crippen LogP contribution in [0.2, 0.25) is 0 Å². The molecule has 158 valence electrons. The highest BCUT2D eigenvalue weighted by Crippen LogP contribution is 2.20. The molecule has 2 heterocycles. The van der Waals surface area contributed by atoms with E-state index in [0.29, 0.717) is 43.1 Å². The van der Waals surface area contributed by atoms with Crippen molar-refractivity contribution in [3.05, 3.63) is 99.0 Å². The van der Waals surface area contributed by atoms with Crippen molar-refractivity contribution in [2.75, 3.05) is 6.54 Å². The molecule has 0 fully saturated rings. The summed E-state index contributed by atoms with van der Waals surface area (Å²) in [6.07, 6.45) is 2.27. The van der Waals surface area contributed by atoms with Crippen LogP contribution in [0, 0.1) is 0 Å². The summed E-state index contributed by atoms with van der Waals surface area (Å²) < 4.78 is 9.77. The number of carbonyl (C=O) groups is 1. The van der Waals surface area contributed by atoms with E-state index in [0.717, 1.165) is 10.0 Å². The van der Waals surface area contributed by atoms with E-state index < -0.39 is 0 Å². The lowest BCUT2D eigenvalue weighted by Gasteiger charge is -2.12. The summed E-state index contributed by atoms with van der Waals surface area (Å²) in [6, 6.07) is 20.4. The van der Waals surface area contributed by atoms with Gasteiger partial charge in [0.05, 0.1) is 5.56 Å². The predicted octanol–water partition coefficient (Wildman–Crippen LogP) is 3.66. The van der Waals surface area contributed by atoms with Gasteiger partial charge in [0.15, 0.2) is 5.65 Å². The van der Waals surface area contributed by atoms with E-state index >= 15 is 0 Å². The SMILES string of the molecule is O=C(NCCCn1nc2ccccn2c1=O)c1ccccc1OCc1cccc(Br)c1. The summed E-state index contributed by atoms with van der Waals surface area (Å²) in [5.41, 5.74) is 1.89. The van der Waals surface area contributed by atoms with Gasteiger partial charge in [-0.1, -0.05) is 46.3 Å². The molecule has 1 amide bonds. The third-order valence-corrected chi connectivity index (χ3v) is 5.23. The predicted molar refractivity (Wildman–Crippen MR) is 121 cm³/mol. The van der Waals surface area contributed by atoms with Gasteiger partial charge in [0.1, 0.15) is 12.4 Å². The summed E-state index contributed by atoms with van der Waals surface area (Å²) in [7, 11) is 0. The Bertz CT molecular complexity index is 1260. The summed E-state index contributed by atoms with van der Waals surface area (Å²) in [6.45, 7) is 1.20. The second kappa shape index (κ2) is 9.61. The van der Waals surface area contributed by atoms with Gasteiger partial charge in [-0.15, -0.1) is 5.10 Å². The molecule has 2 aromatic heterocycles. The van der Waals surface area contributed by atoms with Gasteiger partial charge in [0, 0.05) is 23.8 Å². The van der Waals surface area contributed by atoms with Crippen molar-refractivity contribution in [2.24, 2.45) is 0 Å². The maximum absolute atomic E-state index is 12.7. The molecule has 4 aromatic rings. The molecule has 2 aromatic carbocycles. The molecule has 0 unspecified atom stereocenters. The molecular weight excluding hydrogens is 460 g/mol. The average molecular weight is 481 g/mol. The van der Waals surface area contributed by atoms with Gasteiger partial charge in [0.25, 0.3) is 5.91 Å². The van der Waals surface area contributed by atoms with Crippen LogP contribution >= 0.6 is 15.9 Å². The first-order valence-electron chi connectivity index (χ1n) is 9.90. The highest BCUT2D eigenvalue weighted by atomic mass is 79.9. The zero-order valence-corrected chi connectivity index (χ0v) is 18.3. The van der Waals surface area contributed by atoms with Crippen molar-refractivity contribution in [1.82, 2.24) is 19.5 Å². The lowest BCUT2D eigenvalue weighted by Crippen LogP contribution is -2.27. The summed E-state index contributed by atoms with van der Waals surface area (Å²) >= 11 is 3.45. The number of pyridine rings is 1. The molecule has 0 saturated heterocycles. The molecule has 0 aliphatic heterocycles. The number of hydrogen-bond donors (Lipinski definition) is 1. The van der Waals surface area contributed by atoms with E-state index in [9.17, 15) is 9.59 Å². The Kier molecular flexibility index (Phi) is 6.47. The van der Waals surface area contributed by atoms with Crippen molar-refractivity contribution in [1.29, 1.82) is 0 Å². The topological polar surface area (TPSA) is 77.6 Å². The molecule has 4 rings (SSSR count). The van der Waals surface area contributed by atoms with Crippen molar-refractivity contribution in [3.63, 3.8) is 0 Å². The molecule has 0 radical (unpaired) electrons. The second-order valence-electron chi connectivity index (χ2n) is 6.96. The van der Waals surface area contributed by atoms with Crippen LogP contribution in [0.25, 0.3) is 5.65 Å². The fourth-order valence-corrected chi connectivity index (χ4v) is 3.65. The third-order valence-electron chi connectivity index (χ3n) is 4.74. The van der Waals surface area contributed by atoms with E-state index in [1.54, 1.807) is 36.5 Å². The van der Waals surface area contributed by atoms with E-state index in [2.05, 4.69) is 26.3 Å². The minimum absolute atomic E-state index is 0.187. The zero-order valence-electron chi connectivity index (χ0n) is 16.7. The smallest absolute Gasteiger partial charge is 0.350 e. The number of amides is 1. The zero-order chi connectivity index (χ0) is 21.6. The molecule has 0 saturated carbocycles. The van der Waals surface area contributed by atoms with Gasteiger partial charge in [0.2, 0.25) is 0 Å². The molecule has 8 heteroatoms. The summed E-state index contributed by atoms with van der Waals surface area (Å²) in [5, 5.41) is 7.19. The maximum Gasteiger partial charge on any atom is 0.350 e. The highest BCUT2D eigenvalue weighted by Gasteiger charge is 2.12. The average Bonchev–Trinajstić information content (AvgIpc) is 3.11. The number of carbonyl (C=O) groups excluding carboxylic acids is 1. The Morgan fingerprint density at radius 3 is 2.74 bits per heavy atom. The van der Waals surface area contributed by atoms with Crippen molar-refractivity contribution >= 4 is 27.5 Å². The first-order chi connectivity index (χ1) is 15.1. The standard InChI is InChI=1S/C23H21BrN4O3/c24-18-8-5-7-17(15-18)16-31-20-10-2-1-9-19(20)22(29)25-12-6-14-28-23(30)27-13-4-3-11-21(27)26-28/h1-5,7-11,13,15H,6,12,14,16H2,(H,25,29). The molecule has 7 nitrogen and oxygen atoms in total. The van der Waals surface area contributed by atoms with Gasteiger partial charge in [-0.3, -0.25) is 9.20 Å². The number of fused-ring (bicyclic) bond motifs is 1. The number of nitrogens with zero attached hydrogens (tertiary/aromatic N) is 3. The monoisotopic (exact) mass is 480 g/mol. The van der Waals surface area contributed by atoms with E-state index in [-0.39, 0.29) is 11.6 Å². The van der Waals surface area contributed by atoms with E-state index in [4.69, 9.17) is 4.74 Å². The van der Waals surface area contributed by atoms with Crippen LogP contribution in [0.1, 0.15) is 22.3 Å². The molecule has 1 N–H and O–H groups in total. The number of nitrogens with one attached hydrogen (secondary N) is 1.